The largest absolute Gasteiger partial charge is 0.471 e. The number of halogens is 5. The minimum absolute atomic E-state index is 0.000121. The lowest BCUT2D eigenvalue weighted by atomic mass is 9.97. The van der Waals surface area contributed by atoms with Crippen molar-refractivity contribution in [2.75, 3.05) is 32.5 Å². The fraction of sp³-hybridized carbons (Fsp3) is 0.467. The van der Waals surface area contributed by atoms with Crippen LogP contribution in [0, 0.1) is 17.1 Å². The third-order valence-corrected chi connectivity index (χ3v) is 9.49. The van der Waals surface area contributed by atoms with Crippen molar-refractivity contribution in [3.05, 3.63) is 35.3 Å². The van der Waals surface area contributed by atoms with E-state index in [9.17, 15) is 27.2 Å². The average Bonchev–Trinajstić information content (AvgIpc) is 3.77. The fourth-order valence-corrected chi connectivity index (χ4v) is 7.25. The van der Waals surface area contributed by atoms with Crippen molar-refractivity contribution in [1.82, 2.24) is 25.2 Å². The Bertz CT molecular complexity index is 1780. The number of fused-ring (bicyclic) bond motifs is 3. The first-order valence-corrected chi connectivity index (χ1v) is 15.3. The highest BCUT2D eigenvalue weighted by Crippen LogP contribution is 2.45. The number of rotatable bonds is 4. The maximum Gasteiger partial charge on any atom is 0.433 e. The van der Waals surface area contributed by atoms with Crippen LogP contribution in [0.1, 0.15) is 43.9 Å². The van der Waals surface area contributed by atoms with E-state index in [1.54, 1.807) is 0 Å². The van der Waals surface area contributed by atoms with Gasteiger partial charge in [-0.25, -0.2) is 13.8 Å². The first kappa shape index (κ1) is 31.1. The van der Waals surface area contributed by atoms with Crippen molar-refractivity contribution < 1.29 is 31.4 Å². The van der Waals surface area contributed by atoms with E-state index in [-0.39, 0.29) is 61.3 Å². The summed E-state index contributed by atoms with van der Waals surface area (Å²) in [6, 6.07) is 5.68. The second-order valence-electron chi connectivity index (χ2n) is 11.3. The molecule has 0 saturated carbocycles. The number of methoxy groups -OCH3 is 1. The van der Waals surface area contributed by atoms with Gasteiger partial charge < -0.3 is 20.5 Å². The zero-order chi connectivity index (χ0) is 32.0. The summed E-state index contributed by atoms with van der Waals surface area (Å²) in [5.41, 5.74) is 3.89. The molecule has 3 aliphatic rings. The number of alkyl halides is 4. The van der Waals surface area contributed by atoms with Gasteiger partial charge >= 0.3 is 12.2 Å². The minimum atomic E-state index is -4.90. The van der Waals surface area contributed by atoms with Gasteiger partial charge in [0.1, 0.15) is 34.7 Å². The molecule has 3 aliphatic heterocycles. The number of anilines is 1. The van der Waals surface area contributed by atoms with Gasteiger partial charge in [0, 0.05) is 29.6 Å². The summed E-state index contributed by atoms with van der Waals surface area (Å²) in [6.45, 7) is 4.43. The second-order valence-corrected chi connectivity index (χ2v) is 12.4. The number of pyridine rings is 1. The molecule has 4 aromatic rings. The van der Waals surface area contributed by atoms with Crippen LogP contribution in [0.3, 0.4) is 0 Å². The van der Waals surface area contributed by atoms with Crippen molar-refractivity contribution in [3.63, 3.8) is 0 Å². The molecule has 3 aromatic heterocycles. The molecule has 0 aliphatic carbocycles. The van der Waals surface area contributed by atoms with Crippen LogP contribution in [-0.2, 0) is 6.18 Å². The zero-order valence-corrected chi connectivity index (χ0v) is 25.2. The normalized spacial score (nSPS) is 23.2. The van der Waals surface area contributed by atoms with E-state index >= 15 is 0 Å². The highest BCUT2D eigenvalue weighted by Gasteiger charge is 2.38. The summed E-state index contributed by atoms with van der Waals surface area (Å²) in [4.78, 5) is 14.5. The Balaban J connectivity index is 0.000000337. The Kier molecular flexibility index (Phi) is 8.40. The summed E-state index contributed by atoms with van der Waals surface area (Å²) < 4.78 is 81.2. The molecule has 9 nitrogen and oxygen atoms in total. The molecule has 15 heteroatoms. The predicted octanol–water partition coefficient (Wildman–Crippen LogP) is 5.85. The number of nitrogens with zero attached hydrogens (tertiary/aromatic N) is 5. The lowest BCUT2D eigenvalue weighted by molar-refractivity contribution is -0.140. The van der Waals surface area contributed by atoms with Gasteiger partial charge in [0.05, 0.1) is 17.4 Å². The topological polar surface area (TPSA) is 122 Å². The number of nitriles is 1. The summed E-state index contributed by atoms with van der Waals surface area (Å²) in [5.74, 6) is -0.843. The van der Waals surface area contributed by atoms with Crippen LogP contribution in [0.25, 0.3) is 32.2 Å². The van der Waals surface area contributed by atoms with Crippen LogP contribution < -0.4 is 20.5 Å². The molecule has 7 rings (SSSR count). The summed E-state index contributed by atoms with van der Waals surface area (Å²) in [6.07, 6.45) is -1.80. The maximum atomic E-state index is 14.5. The zero-order valence-electron chi connectivity index (χ0n) is 24.4. The molecule has 45 heavy (non-hydrogen) atoms. The number of nitrogens with one attached hydrogen (secondary N) is 1. The highest BCUT2D eigenvalue weighted by atomic mass is 32.1. The molecule has 0 amide bonds. The van der Waals surface area contributed by atoms with Gasteiger partial charge in [-0.15, -0.1) is 11.3 Å². The number of aromatic nitrogens is 3. The second kappa shape index (κ2) is 12.1. The number of ether oxygens (including phenoxy) is 2. The smallest absolute Gasteiger partial charge is 0.433 e. The number of hydrogen-bond donors (Lipinski definition) is 2. The van der Waals surface area contributed by atoms with Gasteiger partial charge in [-0.3, -0.25) is 4.90 Å². The van der Waals surface area contributed by atoms with Crippen molar-refractivity contribution >= 4 is 37.5 Å². The quantitative estimate of drug-likeness (QED) is 0.263. The van der Waals surface area contributed by atoms with Crippen molar-refractivity contribution in [1.29, 1.82) is 5.26 Å². The molecule has 0 bridgehead atoms. The lowest BCUT2D eigenvalue weighted by Gasteiger charge is -2.19. The molecular formula is C30H30F5N7O2S. The van der Waals surface area contributed by atoms with E-state index < -0.39 is 29.4 Å². The monoisotopic (exact) mass is 647 g/mol. The Morgan fingerprint density at radius 1 is 1.18 bits per heavy atom. The molecule has 238 valence electrons. The SMILES string of the molecule is COc1nc(OC2CCNC2C)c2nc(C(F)(F)F)c(-c3ccc(F)c4sc(N)c(C#N)c34)cc2n1.FC1CC2CCCN2C1. The van der Waals surface area contributed by atoms with Gasteiger partial charge in [-0.05, 0) is 63.4 Å². The van der Waals surface area contributed by atoms with Gasteiger partial charge in [-0.2, -0.15) is 28.4 Å². The van der Waals surface area contributed by atoms with Crippen LogP contribution in [0.15, 0.2) is 18.2 Å². The molecule has 1 aromatic carbocycles. The molecular weight excluding hydrogens is 617 g/mol. The molecule has 4 unspecified atom stereocenters. The number of thiophene rings is 1. The molecule has 0 radical (unpaired) electrons. The molecule has 3 fully saturated rings. The van der Waals surface area contributed by atoms with Gasteiger partial charge in [-0.1, -0.05) is 6.07 Å². The molecule has 4 atom stereocenters. The van der Waals surface area contributed by atoms with Crippen LogP contribution in [0.2, 0.25) is 0 Å². The Labute approximate surface area is 259 Å². The van der Waals surface area contributed by atoms with Crippen molar-refractivity contribution in [2.24, 2.45) is 0 Å². The number of benzene rings is 1. The molecule has 3 saturated heterocycles. The average molecular weight is 648 g/mol. The summed E-state index contributed by atoms with van der Waals surface area (Å²) in [7, 11) is 1.32. The van der Waals surface area contributed by atoms with Gasteiger partial charge in [0.15, 0.2) is 11.2 Å². The standard InChI is InChI=1S/C23H18F4N6O2S.C7H12FN/c1-9-15(5-6-30-9)35-21-17-14(31-22(33-21)34-2)7-11(19(32-17)23(25,26)27)10-3-4-13(24)18-16(10)12(8-28)20(29)36-18;8-6-4-7-2-1-3-9(7)5-6/h3-4,7,9,15,30H,5-6,29H2,1-2H3;6-7H,1-5H2. The number of nitrogens with two attached hydrogens (primary N) is 1. The van der Waals surface area contributed by atoms with E-state index in [4.69, 9.17) is 15.2 Å². The molecule has 6 heterocycles. The van der Waals surface area contributed by atoms with Crippen LogP contribution >= 0.6 is 11.3 Å². The van der Waals surface area contributed by atoms with Crippen molar-refractivity contribution in [3.8, 4) is 29.1 Å². The highest BCUT2D eigenvalue weighted by molar-refractivity contribution is 7.23. The van der Waals surface area contributed by atoms with E-state index in [0.717, 1.165) is 30.4 Å². The summed E-state index contributed by atoms with van der Waals surface area (Å²) >= 11 is 0.789. The third-order valence-electron chi connectivity index (χ3n) is 8.46. The minimum Gasteiger partial charge on any atom is -0.471 e. The van der Waals surface area contributed by atoms with Gasteiger partial charge in [0.2, 0.25) is 5.88 Å². The van der Waals surface area contributed by atoms with E-state index in [2.05, 4.69) is 25.2 Å². The van der Waals surface area contributed by atoms with Crippen LogP contribution in [-0.4, -0.2) is 71.0 Å². The van der Waals surface area contributed by atoms with Gasteiger partial charge in [0.25, 0.3) is 0 Å². The first-order valence-electron chi connectivity index (χ1n) is 14.5. The number of nitrogen functional groups attached to an aromatic ring is 1. The summed E-state index contributed by atoms with van der Waals surface area (Å²) in [5, 5.41) is 12.8. The predicted molar refractivity (Wildman–Crippen MR) is 159 cm³/mol. The Morgan fingerprint density at radius 3 is 2.64 bits per heavy atom. The molecule has 0 spiro atoms. The number of hydrogen-bond acceptors (Lipinski definition) is 10. The first-order chi connectivity index (χ1) is 21.5. The lowest BCUT2D eigenvalue weighted by Crippen LogP contribution is -2.31. The van der Waals surface area contributed by atoms with E-state index in [1.165, 1.54) is 32.1 Å². The van der Waals surface area contributed by atoms with Crippen molar-refractivity contribution in [2.45, 2.75) is 63.1 Å². The maximum absolute atomic E-state index is 14.5. The Hall–Kier alpha value is -3.87. The van der Waals surface area contributed by atoms with Crippen LogP contribution in [0.5, 0.6) is 11.9 Å². The fourth-order valence-electron chi connectivity index (χ4n) is 6.30. The third kappa shape index (κ3) is 5.94. The Morgan fingerprint density at radius 2 is 1.98 bits per heavy atom. The molecule has 3 N–H and O–H groups in total. The van der Waals surface area contributed by atoms with E-state index in [1.807, 2.05) is 13.0 Å². The van der Waals surface area contributed by atoms with E-state index in [0.29, 0.717) is 25.6 Å². The van der Waals surface area contributed by atoms with Crippen LogP contribution in [0.4, 0.5) is 27.0 Å².